The Hall–Kier alpha value is -0.600. The molecule has 0 saturated heterocycles. The molecule has 0 aromatic heterocycles. The summed E-state index contributed by atoms with van der Waals surface area (Å²) >= 11 is 0. The quantitative estimate of drug-likeness (QED) is 0.428. The molecule has 0 aliphatic carbocycles. The normalized spacial score (nSPS) is 16.6. The fourth-order valence-corrected chi connectivity index (χ4v) is 3.09. The van der Waals surface area contributed by atoms with Crippen molar-refractivity contribution < 1.29 is 51.5 Å². The van der Waals surface area contributed by atoms with Crippen LogP contribution in [-0.4, -0.2) is 51.4 Å². The first-order chi connectivity index (χ1) is 11.1. The molecular weight excluding hydrogens is 418 g/mol. The van der Waals surface area contributed by atoms with Gasteiger partial charge in [0.05, 0.1) is 6.61 Å². The molecule has 0 radical (unpaired) electrons. The van der Waals surface area contributed by atoms with Gasteiger partial charge in [-0.05, 0) is 34.1 Å². The van der Waals surface area contributed by atoms with Crippen molar-refractivity contribution in [3.63, 3.8) is 0 Å². The average Bonchev–Trinajstić information content (AvgIpc) is 2.40. The Kier molecular flexibility index (Phi) is 7.26. The van der Waals surface area contributed by atoms with Crippen LogP contribution in [0.15, 0.2) is 0 Å². The second kappa shape index (κ2) is 7.43. The van der Waals surface area contributed by atoms with E-state index in [1.54, 1.807) is 0 Å². The van der Waals surface area contributed by atoms with Gasteiger partial charge in [0.1, 0.15) is 6.10 Å². The van der Waals surface area contributed by atoms with Crippen LogP contribution in [0.4, 0.5) is 26.3 Å². The molecule has 0 aliphatic rings. The highest BCUT2D eigenvalue weighted by atomic mass is 32.2. The lowest BCUT2D eigenvalue weighted by atomic mass is 10.2. The monoisotopic (exact) mass is 438 g/mol. The molecule has 0 N–H and O–H groups in total. The third-order valence-corrected chi connectivity index (χ3v) is 7.68. The Morgan fingerprint density at radius 3 is 1.42 bits per heavy atom. The average molecular weight is 438 g/mol. The Morgan fingerprint density at radius 2 is 1.12 bits per heavy atom. The Labute approximate surface area is 148 Å². The third-order valence-electron chi connectivity index (χ3n) is 3.74. The van der Waals surface area contributed by atoms with Crippen LogP contribution in [0.25, 0.3) is 0 Å². The van der Waals surface area contributed by atoms with E-state index >= 15 is 0 Å². The van der Waals surface area contributed by atoms with Gasteiger partial charge in [-0.2, -0.15) is 43.2 Å². The highest BCUT2D eigenvalue weighted by Crippen LogP contribution is 2.39. The topological polar surface area (TPSA) is 86.7 Å². The number of alkyl halides is 6. The Morgan fingerprint density at radius 1 is 0.769 bits per heavy atom. The van der Waals surface area contributed by atoms with Crippen LogP contribution in [0, 0.1) is 0 Å². The molecule has 0 aromatic rings. The van der Waals surface area contributed by atoms with Gasteiger partial charge in [0.15, 0.2) is 9.49 Å². The van der Waals surface area contributed by atoms with Gasteiger partial charge in [0.2, 0.25) is 0 Å². The van der Waals surface area contributed by atoms with Gasteiger partial charge >= 0.3 is 12.4 Å². The zero-order chi connectivity index (χ0) is 21.4. The zero-order valence-corrected chi connectivity index (χ0v) is 16.2. The molecule has 0 spiro atoms. The van der Waals surface area contributed by atoms with Crippen LogP contribution >= 0.6 is 0 Å². The standard InChI is InChI=1S/C12H20F6O6S2/c1-6-8(24-26(21,22)10(4,5)12(16,17)18)7-23-25(19,20)9(2,3)11(13,14)15/h8H,6-7H2,1-5H3. The fourth-order valence-electron chi connectivity index (χ4n) is 1.11. The Balaban J connectivity index is 5.40. The van der Waals surface area contributed by atoms with Crippen LogP contribution < -0.4 is 0 Å². The molecule has 1 unspecified atom stereocenters. The molecule has 0 fully saturated rings. The van der Waals surface area contributed by atoms with Crippen molar-refractivity contribution in [1.82, 2.24) is 0 Å². The van der Waals surface area contributed by atoms with E-state index in [0.29, 0.717) is 27.7 Å². The molecule has 158 valence electrons. The van der Waals surface area contributed by atoms with Crippen molar-refractivity contribution in [2.45, 2.75) is 69.0 Å². The van der Waals surface area contributed by atoms with Gasteiger partial charge in [-0.3, -0.25) is 8.37 Å². The van der Waals surface area contributed by atoms with Crippen LogP contribution in [-0.2, 0) is 28.6 Å². The zero-order valence-electron chi connectivity index (χ0n) is 14.5. The molecule has 6 nitrogen and oxygen atoms in total. The Bertz CT molecular complexity index is 691. The largest absolute Gasteiger partial charge is 0.409 e. The SMILES string of the molecule is CCC(COS(=O)(=O)C(C)(C)C(F)(F)F)OS(=O)(=O)C(C)(C)C(F)(F)F. The first-order valence-corrected chi connectivity index (χ1v) is 9.91. The summed E-state index contributed by atoms with van der Waals surface area (Å²) < 4.78 is 126. The van der Waals surface area contributed by atoms with Crippen LogP contribution in [0.1, 0.15) is 41.0 Å². The summed E-state index contributed by atoms with van der Waals surface area (Å²) in [5.74, 6) is 0. The van der Waals surface area contributed by atoms with E-state index in [9.17, 15) is 43.2 Å². The lowest BCUT2D eigenvalue weighted by Gasteiger charge is -2.30. The molecule has 26 heavy (non-hydrogen) atoms. The van der Waals surface area contributed by atoms with Crippen LogP contribution in [0.2, 0.25) is 0 Å². The lowest BCUT2D eigenvalue weighted by Crippen LogP contribution is -2.49. The maximum Gasteiger partial charge on any atom is 0.409 e. The van der Waals surface area contributed by atoms with Crippen molar-refractivity contribution in [1.29, 1.82) is 0 Å². The van der Waals surface area contributed by atoms with E-state index in [2.05, 4.69) is 8.37 Å². The minimum atomic E-state index is -5.28. The molecule has 0 saturated carbocycles. The first-order valence-electron chi connectivity index (χ1n) is 7.09. The van der Waals surface area contributed by atoms with Crippen molar-refractivity contribution in [3.8, 4) is 0 Å². The predicted octanol–water partition coefficient (Wildman–Crippen LogP) is 3.14. The van der Waals surface area contributed by atoms with Crippen molar-refractivity contribution in [2.75, 3.05) is 6.61 Å². The minimum Gasteiger partial charge on any atom is -0.267 e. The fraction of sp³-hybridized carbons (Fsp3) is 1.00. The maximum absolute atomic E-state index is 12.8. The third kappa shape index (κ3) is 5.01. The summed E-state index contributed by atoms with van der Waals surface area (Å²) in [6.07, 6.45) is -12.5. The van der Waals surface area contributed by atoms with Gasteiger partial charge in [-0.1, -0.05) is 6.92 Å². The summed E-state index contributed by atoms with van der Waals surface area (Å²) in [6.45, 7) is 1.34. The lowest BCUT2D eigenvalue weighted by molar-refractivity contribution is -0.156. The summed E-state index contributed by atoms with van der Waals surface area (Å²) in [5, 5.41) is 0. The van der Waals surface area contributed by atoms with Gasteiger partial charge in [-0.15, -0.1) is 0 Å². The van der Waals surface area contributed by atoms with E-state index in [4.69, 9.17) is 0 Å². The molecule has 0 aliphatic heterocycles. The molecular formula is C12H20F6O6S2. The minimum absolute atomic E-state index is 0.327. The second-order valence-electron chi connectivity index (χ2n) is 6.34. The summed E-state index contributed by atoms with van der Waals surface area (Å²) in [7, 11) is -10.5. The van der Waals surface area contributed by atoms with Crippen molar-refractivity contribution in [2.24, 2.45) is 0 Å². The highest BCUT2D eigenvalue weighted by molar-refractivity contribution is 7.88. The van der Waals surface area contributed by atoms with Crippen molar-refractivity contribution in [3.05, 3.63) is 0 Å². The van der Waals surface area contributed by atoms with E-state index in [1.165, 1.54) is 6.92 Å². The predicted molar refractivity (Wildman–Crippen MR) is 79.2 cm³/mol. The number of hydrogen-bond donors (Lipinski definition) is 0. The molecule has 0 amide bonds. The molecule has 0 bridgehead atoms. The van der Waals surface area contributed by atoms with Gasteiger partial charge in [-0.25, -0.2) is 0 Å². The summed E-state index contributed by atoms with van der Waals surface area (Å²) in [6, 6.07) is 0. The summed E-state index contributed by atoms with van der Waals surface area (Å²) in [4.78, 5) is 0. The van der Waals surface area contributed by atoms with E-state index in [0.717, 1.165) is 0 Å². The van der Waals surface area contributed by atoms with Crippen LogP contribution in [0.5, 0.6) is 0 Å². The molecule has 1 atom stereocenters. The smallest absolute Gasteiger partial charge is 0.267 e. The van der Waals surface area contributed by atoms with Gasteiger partial charge in [0.25, 0.3) is 20.2 Å². The second-order valence-corrected chi connectivity index (χ2v) is 10.6. The highest BCUT2D eigenvalue weighted by Gasteiger charge is 2.59. The van der Waals surface area contributed by atoms with E-state index < -0.39 is 54.8 Å². The molecule has 0 rings (SSSR count). The van der Waals surface area contributed by atoms with E-state index in [-0.39, 0.29) is 6.42 Å². The number of hydrogen-bond acceptors (Lipinski definition) is 6. The number of rotatable bonds is 8. The van der Waals surface area contributed by atoms with Gasteiger partial charge < -0.3 is 0 Å². The van der Waals surface area contributed by atoms with Crippen molar-refractivity contribution >= 4 is 20.2 Å². The molecule has 0 aromatic carbocycles. The first kappa shape index (κ1) is 25.4. The number of halogens is 6. The van der Waals surface area contributed by atoms with E-state index in [1.807, 2.05) is 0 Å². The van der Waals surface area contributed by atoms with Gasteiger partial charge in [0, 0.05) is 0 Å². The molecule has 0 heterocycles. The van der Waals surface area contributed by atoms with Crippen LogP contribution in [0.3, 0.4) is 0 Å². The summed E-state index contributed by atoms with van der Waals surface area (Å²) in [5.41, 5.74) is 0. The molecule has 14 heteroatoms. The maximum atomic E-state index is 12.8.